The Morgan fingerprint density at radius 3 is 2.75 bits per heavy atom. The number of hydrogen-bond acceptors (Lipinski definition) is 3. The van der Waals surface area contributed by atoms with Crippen LogP contribution in [0.3, 0.4) is 0 Å². The van der Waals surface area contributed by atoms with Gasteiger partial charge in [-0.05, 0) is 30.5 Å². The van der Waals surface area contributed by atoms with E-state index in [4.69, 9.17) is 5.73 Å². The summed E-state index contributed by atoms with van der Waals surface area (Å²) in [5.41, 5.74) is 7.22. The average Bonchev–Trinajstić information content (AvgIpc) is 2.41. The first-order chi connectivity index (χ1) is 9.60. The summed E-state index contributed by atoms with van der Waals surface area (Å²) in [6.07, 6.45) is 1.98. The number of amides is 1. The lowest BCUT2D eigenvalue weighted by Crippen LogP contribution is -2.46. The first-order valence-electron chi connectivity index (χ1n) is 7.07. The van der Waals surface area contributed by atoms with Gasteiger partial charge in [0.1, 0.15) is 0 Å². The molecule has 0 bridgehead atoms. The fourth-order valence-electron chi connectivity index (χ4n) is 2.85. The highest BCUT2D eigenvalue weighted by molar-refractivity contribution is 9.10. The molecule has 0 aromatic heterocycles. The van der Waals surface area contributed by atoms with Crippen molar-refractivity contribution in [3.05, 3.63) is 34.3 Å². The van der Waals surface area contributed by atoms with Crippen LogP contribution in [0.15, 0.2) is 28.7 Å². The van der Waals surface area contributed by atoms with Crippen molar-refractivity contribution in [1.29, 1.82) is 0 Å². The number of nitrogens with two attached hydrogens (primary N) is 1. The zero-order valence-corrected chi connectivity index (χ0v) is 13.4. The van der Waals surface area contributed by atoms with Gasteiger partial charge in [-0.1, -0.05) is 28.1 Å². The Hall–Kier alpha value is -0.910. The van der Waals surface area contributed by atoms with Crippen LogP contribution in [0.1, 0.15) is 31.4 Å². The van der Waals surface area contributed by atoms with E-state index < -0.39 is 0 Å². The van der Waals surface area contributed by atoms with Crippen molar-refractivity contribution in [3.8, 4) is 0 Å². The predicted molar refractivity (Wildman–Crippen MR) is 84.3 cm³/mol. The lowest BCUT2D eigenvalue weighted by molar-refractivity contribution is -0.120. The summed E-state index contributed by atoms with van der Waals surface area (Å²) in [6.45, 7) is 4.14. The number of likely N-dealkylation sites (tertiary alicyclic amines) is 1. The third-order valence-corrected chi connectivity index (χ3v) is 4.33. The molecular weight excluding hydrogens is 318 g/mol. The number of benzene rings is 1. The Balaban J connectivity index is 1.98. The molecule has 1 aromatic carbocycles. The molecule has 1 aliphatic heterocycles. The highest BCUT2D eigenvalue weighted by Gasteiger charge is 2.25. The van der Waals surface area contributed by atoms with E-state index in [0.717, 1.165) is 30.4 Å². The Morgan fingerprint density at radius 2 is 2.20 bits per heavy atom. The summed E-state index contributed by atoms with van der Waals surface area (Å²) in [5.74, 6) is 0.0609. The number of halogens is 1. The van der Waals surface area contributed by atoms with Gasteiger partial charge in [-0.15, -0.1) is 0 Å². The molecule has 5 heteroatoms. The van der Waals surface area contributed by atoms with Gasteiger partial charge in [0.2, 0.25) is 5.91 Å². The predicted octanol–water partition coefficient (Wildman–Crippen LogP) is 2.05. The largest absolute Gasteiger partial charge is 0.354 e. The zero-order valence-electron chi connectivity index (χ0n) is 11.8. The maximum atomic E-state index is 11.1. The molecule has 3 N–H and O–H groups in total. The standard InChI is InChI=1S/C15H22BrN3O/c1-11(20)18-14-5-7-19(8-6-14)15(10-17)12-3-2-4-13(16)9-12/h2-4,9,14-15H,5-8,10,17H2,1H3,(H,18,20). The molecule has 1 fully saturated rings. The van der Waals surface area contributed by atoms with E-state index in [1.807, 2.05) is 12.1 Å². The number of carbonyl (C=O) groups excluding carboxylic acids is 1. The minimum atomic E-state index is 0.0609. The maximum Gasteiger partial charge on any atom is 0.217 e. The van der Waals surface area contributed by atoms with Gasteiger partial charge in [0.05, 0.1) is 0 Å². The second-order valence-corrected chi connectivity index (χ2v) is 6.23. The average molecular weight is 340 g/mol. The molecule has 0 spiro atoms. The van der Waals surface area contributed by atoms with Crippen LogP contribution in [0.5, 0.6) is 0 Å². The van der Waals surface area contributed by atoms with Crippen molar-refractivity contribution in [2.75, 3.05) is 19.6 Å². The number of hydrogen-bond donors (Lipinski definition) is 2. The monoisotopic (exact) mass is 339 g/mol. The molecular formula is C15H22BrN3O. The molecule has 1 aromatic rings. The van der Waals surface area contributed by atoms with Crippen LogP contribution in [-0.4, -0.2) is 36.5 Å². The molecule has 2 rings (SSSR count). The number of nitrogens with zero attached hydrogens (tertiary/aromatic N) is 1. The van der Waals surface area contributed by atoms with Crippen molar-refractivity contribution in [2.45, 2.75) is 31.8 Å². The van der Waals surface area contributed by atoms with Crippen LogP contribution >= 0.6 is 15.9 Å². The highest BCUT2D eigenvalue weighted by atomic mass is 79.9. The molecule has 1 amide bonds. The third kappa shape index (κ3) is 4.04. The fraction of sp³-hybridized carbons (Fsp3) is 0.533. The molecule has 0 saturated carbocycles. The topological polar surface area (TPSA) is 58.4 Å². The van der Waals surface area contributed by atoms with Gasteiger partial charge in [-0.3, -0.25) is 9.69 Å². The van der Waals surface area contributed by atoms with Gasteiger partial charge in [0.25, 0.3) is 0 Å². The minimum Gasteiger partial charge on any atom is -0.354 e. The van der Waals surface area contributed by atoms with Crippen LogP contribution in [0.2, 0.25) is 0 Å². The zero-order chi connectivity index (χ0) is 14.5. The van der Waals surface area contributed by atoms with Gasteiger partial charge in [0, 0.05) is 43.1 Å². The summed E-state index contributed by atoms with van der Waals surface area (Å²) >= 11 is 3.51. The number of nitrogens with one attached hydrogen (secondary N) is 1. The first-order valence-corrected chi connectivity index (χ1v) is 7.86. The van der Waals surface area contributed by atoms with Crippen molar-refractivity contribution in [3.63, 3.8) is 0 Å². The Labute approximate surface area is 128 Å². The van der Waals surface area contributed by atoms with Crippen LogP contribution in [0.4, 0.5) is 0 Å². The molecule has 110 valence electrons. The van der Waals surface area contributed by atoms with Crippen LogP contribution in [-0.2, 0) is 4.79 Å². The van der Waals surface area contributed by atoms with Crippen molar-refractivity contribution in [2.24, 2.45) is 5.73 Å². The molecule has 1 atom stereocenters. The van der Waals surface area contributed by atoms with E-state index in [1.165, 1.54) is 5.56 Å². The lowest BCUT2D eigenvalue weighted by Gasteiger charge is -2.37. The quantitative estimate of drug-likeness (QED) is 0.882. The molecule has 1 heterocycles. The summed E-state index contributed by atoms with van der Waals surface area (Å²) < 4.78 is 1.08. The summed E-state index contributed by atoms with van der Waals surface area (Å²) in [7, 11) is 0. The normalized spacial score (nSPS) is 18.8. The molecule has 4 nitrogen and oxygen atoms in total. The smallest absolute Gasteiger partial charge is 0.217 e. The Bertz CT molecular complexity index is 458. The van der Waals surface area contributed by atoms with E-state index in [2.05, 4.69) is 38.3 Å². The second kappa shape index (κ2) is 7.20. The van der Waals surface area contributed by atoms with Crippen molar-refractivity contribution in [1.82, 2.24) is 10.2 Å². The third-order valence-electron chi connectivity index (χ3n) is 3.83. The lowest BCUT2D eigenvalue weighted by atomic mass is 9.99. The molecule has 1 saturated heterocycles. The first kappa shape index (κ1) is 15.5. The van der Waals surface area contributed by atoms with Gasteiger partial charge in [0.15, 0.2) is 0 Å². The van der Waals surface area contributed by atoms with Crippen LogP contribution < -0.4 is 11.1 Å². The Kier molecular flexibility index (Phi) is 5.57. The van der Waals surface area contributed by atoms with E-state index >= 15 is 0 Å². The summed E-state index contributed by atoms with van der Waals surface area (Å²) in [4.78, 5) is 13.5. The number of rotatable bonds is 4. The molecule has 1 unspecified atom stereocenters. The van der Waals surface area contributed by atoms with Crippen LogP contribution in [0.25, 0.3) is 0 Å². The number of piperidine rings is 1. The van der Waals surface area contributed by atoms with E-state index in [-0.39, 0.29) is 11.9 Å². The van der Waals surface area contributed by atoms with Gasteiger partial charge < -0.3 is 11.1 Å². The fourth-order valence-corrected chi connectivity index (χ4v) is 3.27. The van der Waals surface area contributed by atoms with Gasteiger partial charge in [-0.2, -0.15) is 0 Å². The van der Waals surface area contributed by atoms with Crippen molar-refractivity contribution >= 4 is 21.8 Å². The summed E-state index contributed by atoms with van der Waals surface area (Å²) in [6, 6.07) is 8.90. The van der Waals surface area contributed by atoms with Gasteiger partial charge >= 0.3 is 0 Å². The van der Waals surface area contributed by atoms with E-state index in [1.54, 1.807) is 6.92 Å². The van der Waals surface area contributed by atoms with Crippen molar-refractivity contribution < 1.29 is 4.79 Å². The van der Waals surface area contributed by atoms with Gasteiger partial charge in [-0.25, -0.2) is 0 Å². The molecule has 0 aliphatic carbocycles. The molecule has 20 heavy (non-hydrogen) atoms. The Morgan fingerprint density at radius 1 is 1.50 bits per heavy atom. The second-order valence-electron chi connectivity index (χ2n) is 5.32. The number of carbonyl (C=O) groups is 1. The highest BCUT2D eigenvalue weighted by Crippen LogP contribution is 2.25. The van der Waals surface area contributed by atoms with Crippen LogP contribution in [0, 0.1) is 0 Å². The molecule has 1 aliphatic rings. The molecule has 0 radical (unpaired) electrons. The summed E-state index contributed by atoms with van der Waals surface area (Å²) in [5, 5.41) is 3.00. The SMILES string of the molecule is CC(=O)NC1CCN(C(CN)c2cccc(Br)c2)CC1. The maximum absolute atomic E-state index is 11.1. The van der Waals surface area contributed by atoms with E-state index in [9.17, 15) is 4.79 Å². The van der Waals surface area contributed by atoms with E-state index in [0.29, 0.717) is 12.6 Å². The minimum absolute atomic E-state index is 0.0609.